The highest BCUT2D eigenvalue weighted by molar-refractivity contribution is 9.10. The van der Waals surface area contributed by atoms with Gasteiger partial charge in [-0.3, -0.25) is 4.57 Å². The predicted molar refractivity (Wildman–Crippen MR) is 149 cm³/mol. The molecular weight excluding hydrogens is 510 g/mol. The number of imidazole rings is 1. The molecule has 7 rings (SSSR count). The molecule has 0 bridgehead atoms. The first-order valence-corrected chi connectivity index (χ1v) is 12.6. The summed E-state index contributed by atoms with van der Waals surface area (Å²) in [6.45, 7) is 0. The van der Waals surface area contributed by atoms with E-state index in [2.05, 4.69) is 98.2 Å². The molecule has 5 aromatic carbocycles. The molecule has 4 nitrogen and oxygen atoms in total. The van der Waals surface area contributed by atoms with Crippen LogP contribution in [0.2, 0.25) is 0 Å². The Labute approximate surface area is 217 Å². The second kappa shape index (κ2) is 8.40. The van der Waals surface area contributed by atoms with Crippen molar-refractivity contribution in [3.8, 4) is 28.6 Å². The Hall–Kier alpha value is -4.35. The topological polar surface area (TPSA) is 30.3 Å². The number of rotatable bonds is 3. The number of hydrogen-bond acceptors (Lipinski definition) is 3. The average molecular weight is 530 g/mol. The summed E-state index contributed by atoms with van der Waals surface area (Å²) < 4.78 is 9.44. The van der Waals surface area contributed by atoms with Crippen LogP contribution >= 0.6 is 15.9 Å². The van der Waals surface area contributed by atoms with E-state index < -0.39 is 0 Å². The Kier molecular flexibility index (Phi) is 4.89. The maximum absolute atomic E-state index is 6.23. The number of para-hydroxylation sites is 7. The number of anilines is 3. The first kappa shape index (κ1) is 21.0. The van der Waals surface area contributed by atoms with Gasteiger partial charge in [-0.25, -0.2) is 4.98 Å². The van der Waals surface area contributed by atoms with Gasteiger partial charge in [0.05, 0.1) is 28.1 Å². The van der Waals surface area contributed by atoms with E-state index in [0.29, 0.717) is 0 Å². The van der Waals surface area contributed by atoms with Crippen molar-refractivity contribution in [2.24, 2.45) is 0 Å². The second-order valence-electron chi connectivity index (χ2n) is 8.63. The zero-order valence-corrected chi connectivity index (χ0v) is 20.8. The zero-order valence-electron chi connectivity index (χ0n) is 19.2. The lowest BCUT2D eigenvalue weighted by molar-refractivity contribution is 0.477. The van der Waals surface area contributed by atoms with Crippen LogP contribution in [0.3, 0.4) is 0 Å². The minimum atomic E-state index is 0.824. The number of nitrogens with zero attached hydrogens (tertiary/aromatic N) is 3. The van der Waals surface area contributed by atoms with E-state index in [1.807, 2.05) is 48.5 Å². The summed E-state index contributed by atoms with van der Waals surface area (Å²) in [5.41, 5.74) is 7.13. The van der Waals surface area contributed by atoms with Gasteiger partial charge in [-0.2, -0.15) is 0 Å². The molecule has 5 heteroatoms. The average Bonchev–Trinajstić information content (AvgIpc) is 3.32. The lowest BCUT2D eigenvalue weighted by Crippen LogP contribution is -2.16. The molecule has 0 N–H and O–H groups in total. The second-order valence-corrected chi connectivity index (χ2v) is 9.49. The van der Waals surface area contributed by atoms with Crippen LogP contribution in [0.4, 0.5) is 17.1 Å². The molecule has 0 spiro atoms. The van der Waals surface area contributed by atoms with Gasteiger partial charge >= 0.3 is 0 Å². The van der Waals surface area contributed by atoms with Crippen molar-refractivity contribution in [3.63, 3.8) is 0 Å². The van der Waals surface area contributed by atoms with E-state index >= 15 is 0 Å². The lowest BCUT2D eigenvalue weighted by Gasteiger charge is -2.33. The van der Waals surface area contributed by atoms with Crippen LogP contribution in [-0.2, 0) is 0 Å². The summed E-state index contributed by atoms with van der Waals surface area (Å²) in [6.07, 6.45) is 0. The SMILES string of the molecule is Brc1ccc(-c2nc3ccccc3n2-c2ccccc2)cc1N1c2ccccc2Oc2ccccc21. The molecule has 0 aliphatic carbocycles. The molecule has 0 atom stereocenters. The molecule has 0 saturated carbocycles. The summed E-state index contributed by atoms with van der Waals surface area (Å²) in [7, 11) is 0. The molecule has 1 aliphatic rings. The molecule has 0 saturated heterocycles. The first-order valence-electron chi connectivity index (χ1n) is 11.8. The summed E-state index contributed by atoms with van der Waals surface area (Å²) in [5.74, 6) is 2.54. The molecule has 6 aromatic rings. The van der Waals surface area contributed by atoms with Gasteiger partial charge in [0.2, 0.25) is 0 Å². The van der Waals surface area contributed by atoms with Crippen molar-refractivity contribution in [1.82, 2.24) is 9.55 Å². The smallest absolute Gasteiger partial charge is 0.151 e. The number of ether oxygens (including phenoxy) is 1. The van der Waals surface area contributed by atoms with Crippen molar-refractivity contribution in [1.29, 1.82) is 0 Å². The van der Waals surface area contributed by atoms with Gasteiger partial charge in [0.25, 0.3) is 0 Å². The molecule has 36 heavy (non-hydrogen) atoms. The highest BCUT2D eigenvalue weighted by Gasteiger charge is 2.27. The Morgan fingerprint density at radius 2 is 1.25 bits per heavy atom. The van der Waals surface area contributed by atoms with Crippen molar-refractivity contribution < 1.29 is 4.74 Å². The van der Waals surface area contributed by atoms with Crippen molar-refractivity contribution >= 4 is 44.0 Å². The molecular formula is C31H20BrN3O. The number of benzene rings is 5. The van der Waals surface area contributed by atoms with Gasteiger partial charge in [0.1, 0.15) is 5.82 Å². The summed E-state index contributed by atoms with van der Waals surface area (Å²) >= 11 is 3.83. The van der Waals surface area contributed by atoms with E-state index in [9.17, 15) is 0 Å². The number of hydrogen-bond donors (Lipinski definition) is 0. The van der Waals surface area contributed by atoms with E-state index in [1.165, 1.54) is 0 Å². The van der Waals surface area contributed by atoms with E-state index in [-0.39, 0.29) is 0 Å². The number of halogens is 1. The number of fused-ring (bicyclic) bond motifs is 3. The minimum Gasteiger partial charge on any atom is -0.453 e. The van der Waals surface area contributed by atoms with E-state index in [4.69, 9.17) is 9.72 Å². The first-order chi connectivity index (χ1) is 17.8. The van der Waals surface area contributed by atoms with Crippen molar-refractivity contribution in [3.05, 3.63) is 126 Å². The number of aromatic nitrogens is 2. The molecule has 0 unspecified atom stereocenters. The Balaban J connectivity index is 1.47. The maximum Gasteiger partial charge on any atom is 0.151 e. The zero-order chi connectivity index (χ0) is 24.1. The summed E-state index contributed by atoms with van der Waals surface area (Å²) in [4.78, 5) is 7.32. The third-order valence-corrected chi connectivity index (χ3v) is 7.12. The lowest BCUT2D eigenvalue weighted by atomic mass is 10.1. The Morgan fingerprint density at radius 1 is 0.611 bits per heavy atom. The largest absolute Gasteiger partial charge is 0.453 e. The Bertz CT molecular complexity index is 1700. The van der Waals surface area contributed by atoms with Crippen molar-refractivity contribution in [2.45, 2.75) is 0 Å². The van der Waals surface area contributed by atoms with Gasteiger partial charge < -0.3 is 9.64 Å². The van der Waals surface area contributed by atoms with Gasteiger partial charge in [-0.15, -0.1) is 0 Å². The fraction of sp³-hybridized carbons (Fsp3) is 0. The summed E-state index contributed by atoms with van der Waals surface area (Å²) in [5, 5.41) is 0. The highest BCUT2D eigenvalue weighted by Crippen LogP contribution is 2.52. The monoisotopic (exact) mass is 529 g/mol. The third-order valence-electron chi connectivity index (χ3n) is 6.45. The maximum atomic E-state index is 6.23. The fourth-order valence-electron chi connectivity index (χ4n) is 4.85. The predicted octanol–water partition coefficient (Wildman–Crippen LogP) is 9.03. The van der Waals surface area contributed by atoms with Gasteiger partial charge in [-0.05, 0) is 82.7 Å². The van der Waals surface area contributed by atoms with E-state index in [0.717, 1.165) is 61.1 Å². The Morgan fingerprint density at radius 3 is 2.00 bits per heavy atom. The summed E-state index contributed by atoms with van der Waals surface area (Å²) in [6, 6.07) is 41.3. The molecule has 0 radical (unpaired) electrons. The van der Waals surface area contributed by atoms with Crippen LogP contribution < -0.4 is 9.64 Å². The molecule has 172 valence electrons. The minimum absolute atomic E-state index is 0.824. The highest BCUT2D eigenvalue weighted by atomic mass is 79.9. The van der Waals surface area contributed by atoms with Crippen LogP contribution in [0.5, 0.6) is 11.5 Å². The van der Waals surface area contributed by atoms with E-state index in [1.54, 1.807) is 0 Å². The molecule has 0 fully saturated rings. The molecule has 1 aliphatic heterocycles. The standard InChI is InChI=1S/C31H20BrN3O/c32-23-19-18-21(31-33-24-12-4-5-13-25(24)34(31)22-10-2-1-3-11-22)20-28(23)35-26-14-6-8-16-29(26)36-30-17-9-7-15-27(30)35/h1-20H. The van der Waals surface area contributed by atoms with Crippen molar-refractivity contribution in [2.75, 3.05) is 4.90 Å². The molecule has 0 amide bonds. The van der Waals surface area contributed by atoms with Crippen LogP contribution in [-0.4, -0.2) is 9.55 Å². The van der Waals surface area contributed by atoms with Gasteiger partial charge in [0.15, 0.2) is 11.5 Å². The van der Waals surface area contributed by atoms with Gasteiger partial charge in [0, 0.05) is 15.7 Å². The molecule has 1 aromatic heterocycles. The quantitative estimate of drug-likeness (QED) is 0.228. The molecule has 2 heterocycles. The van der Waals surface area contributed by atoms with Gasteiger partial charge in [-0.1, -0.05) is 54.6 Å². The fourth-order valence-corrected chi connectivity index (χ4v) is 5.27. The van der Waals surface area contributed by atoms with Crippen LogP contribution in [0.1, 0.15) is 0 Å². The van der Waals surface area contributed by atoms with Crippen LogP contribution in [0.15, 0.2) is 126 Å². The van der Waals surface area contributed by atoms with Crippen LogP contribution in [0, 0.1) is 0 Å². The van der Waals surface area contributed by atoms with Crippen LogP contribution in [0.25, 0.3) is 28.1 Å². The normalized spacial score (nSPS) is 12.2. The third kappa shape index (κ3) is 3.32.